The molecule has 5 nitrogen and oxygen atoms in total. The van der Waals surface area contributed by atoms with E-state index < -0.39 is 0 Å². The molecule has 0 N–H and O–H groups in total. The number of hydrogen-bond acceptors (Lipinski definition) is 5. The lowest BCUT2D eigenvalue weighted by atomic mass is 9.89. The Labute approximate surface area is 149 Å². The molecule has 1 spiro atoms. The van der Waals surface area contributed by atoms with E-state index in [1.165, 1.54) is 12.0 Å². The number of piperidine rings is 1. The summed E-state index contributed by atoms with van der Waals surface area (Å²) in [6.07, 6.45) is 9.03. The molecular weight excluding hydrogens is 314 g/mol. The molecule has 2 atom stereocenters. The first-order valence-electron chi connectivity index (χ1n) is 9.08. The summed E-state index contributed by atoms with van der Waals surface area (Å²) in [5.74, 6) is 0. The van der Waals surface area contributed by atoms with Crippen LogP contribution in [0.5, 0.6) is 0 Å². The van der Waals surface area contributed by atoms with Gasteiger partial charge in [0.1, 0.15) is 0 Å². The Hall–Kier alpha value is -1.82. The predicted octanol–water partition coefficient (Wildman–Crippen LogP) is 2.82. The van der Waals surface area contributed by atoms with Crippen molar-refractivity contribution in [3.05, 3.63) is 60.2 Å². The Kier molecular flexibility index (Phi) is 5.06. The Morgan fingerprint density at radius 2 is 2.24 bits per heavy atom. The van der Waals surface area contributed by atoms with Crippen LogP contribution in [0.25, 0.3) is 0 Å². The maximum Gasteiger partial charge on any atom is 0.0892 e. The van der Waals surface area contributed by atoms with Crippen LogP contribution in [0.15, 0.2) is 48.9 Å². The first-order valence-corrected chi connectivity index (χ1v) is 9.08. The van der Waals surface area contributed by atoms with Crippen LogP contribution in [-0.2, 0) is 22.6 Å². The summed E-state index contributed by atoms with van der Waals surface area (Å²) in [7, 11) is 0. The highest BCUT2D eigenvalue weighted by Crippen LogP contribution is 2.36. The zero-order valence-corrected chi connectivity index (χ0v) is 14.5. The molecular formula is C20H25N3O2. The van der Waals surface area contributed by atoms with Gasteiger partial charge in [-0.2, -0.15) is 0 Å². The van der Waals surface area contributed by atoms with Crippen molar-refractivity contribution < 1.29 is 9.47 Å². The van der Waals surface area contributed by atoms with Crippen LogP contribution in [0, 0.1) is 0 Å². The summed E-state index contributed by atoms with van der Waals surface area (Å²) in [6, 6.07) is 10.1. The Morgan fingerprint density at radius 1 is 1.24 bits per heavy atom. The molecule has 0 bridgehead atoms. The van der Waals surface area contributed by atoms with Crippen molar-refractivity contribution in [3.63, 3.8) is 0 Å². The Morgan fingerprint density at radius 3 is 3.08 bits per heavy atom. The van der Waals surface area contributed by atoms with Gasteiger partial charge in [-0.05, 0) is 43.1 Å². The van der Waals surface area contributed by atoms with E-state index in [1.807, 2.05) is 42.9 Å². The molecule has 0 aliphatic carbocycles. The first kappa shape index (κ1) is 16.6. The molecule has 0 amide bonds. The molecule has 2 aromatic rings. The topological polar surface area (TPSA) is 47.5 Å². The van der Waals surface area contributed by atoms with Gasteiger partial charge in [-0.3, -0.25) is 14.9 Å². The van der Waals surface area contributed by atoms with Gasteiger partial charge < -0.3 is 9.47 Å². The van der Waals surface area contributed by atoms with Crippen molar-refractivity contribution in [2.24, 2.45) is 0 Å². The van der Waals surface area contributed by atoms with E-state index in [2.05, 4.69) is 20.9 Å². The molecule has 0 saturated carbocycles. The van der Waals surface area contributed by atoms with E-state index in [0.717, 1.165) is 38.2 Å². The minimum Gasteiger partial charge on any atom is -0.371 e. The van der Waals surface area contributed by atoms with E-state index in [-0.39, 0.29) is 11.7 Å². The summed E-state index contributed by atoms with van der Waals surface area (Å²) in [6.45, 7) is 4.29. The maximum atomic E-state index is 6.25. The summed E-state index contributed by atoms with van der Waals surface area (Å²) >= 11 is 0. The standard InChI is InChI=1S/C20H25N3O2/c1-2-9-22-18(6-1)14-24-19-11-20(25-15-19)7-4-10-23(16-20)13-17-5-3-8-21-12-17/h1-3,5-6,8-9,12,19H,4,7,10-11,13-16H2/t19-,20+/m1/s1. The van der Waals surface area contributed by atoms with Crippen LogP contribution in [0.1, 0.15) is 30.5 Å². The fourth-order valence-electron chi connectivity index (χ4n) is 3.96. The second-order valence-electron chi connectivity index (χ2n) is 7.13. The average Bonchev–Trinajstić information content (AvgIpc) is 3.04. The summed E-state index contributed by atoms with van der Waals surface area (Å²) in [5, 5.41) is 0. The molecule has 0 aromatic carbocycles. The van der Waals surface area contributed by atoms with Gasteiger partial charge in [-0.25, -0.2) is 0 Å². The number of nitrogens with zero attached hydrogens (tertiary/aromatic N) is 3. The number of aromatic nitrogens is 2. The minimum atomic E-state index is -0.0464. The quantitative estimate of drug-likeness (QED) is 0.838. The van der Waals surface area contributed by atoms with E-state index in [1.54, 1.807) is 0 Å². The lowest BCUT2D eigenvalue weighted by molar-refractivity contribution is -0.0548. The van der Waals surface area contributed by atoms with Crippen molar-refractivity contribution in [1.82, 2.24) is 14.9 Å². The molecule has 2 fully saturated rings. The summed E-state index contributed by atoms with van der Waals surface area (Å²) in [5.41, 5.74) is 2.20. The van der Waals surface area contributed by atoms with Gasteiger partial charge in [-0.15, -0.1) is 0 Å². The van der Waals surface area contributed by atoms with Gasteiger partial charge in [0.15, 0.2) is 0 Å². The van der Waals surface area contributed by atoms with E-state index in [0.29, 0.717) is 13.2 Å². The normalized spacial score (nSPS) is 27.0. The minimum absolute atomic E-state index is 0.0464. The van der Waals surface area contributed by atoms with Crippen LogP contribution in [0.4, 0.5) is 0 Å². The third kappa shape index (κ3) is 4.24. The monoisotopic (exact) mass is 339 g/mol. The Balaban J connectivity index is 1.31. The highest BCUT2D eigenvalue weighted by molar-refractivity contribution is 5.09. The number of ether oxygens (including phenoxy) is 2. The second-order valence-corrected chi connectivity index (χ2v) is 7.13. The van der Waals surface area contributed by atoms with Gasteiger partial charge in [0.05, 0.1) is 30.6 Å². The summed E-state index contributed by atoms with van der Waals surface area (Å²) < 4.78 is 12.3. The van der Waals surface area contributed by atoms with Gasteiger partial charge >= 0.3 is 0 Å². The van der Waals surface area contributed by atoms with Gasteiger partial charge in [0.25, 0.3) is 0 Å². The van der Waals surface area contributed by atoms with Crippen LogP contribution in [0.2, 0.25) is 0 Å². The third-order valence-corrected chi connectivity index (χ3v) is 5.12. The number of likely N-dealkylation sites (tertiary alicyclic amines) is 1. The molecule has 132 valence electrons. The van der Waals surface area contributed by atoms with Crippen molar-refractivity contribution in [3.8, 4) is 0 Å². The van der Waals surface area contributed by atoms with Gasteiger partial charge in [0, 0.05) is 38.1 Å². The number of pyridine rings is 2. The average molecular weight is 339 g/mol. The van der Waals surface area contributed by atoms with Crippen molar-refractivity contribution in [2.75, 3.05) is 19.7 Å². The molecule has 2 saturated heterocycles. The van der Waals surface area contributed by atoms with Crippen LogP contribution >= 0.6 is 0 Å². The lowest BCUT2D eigenvalue weighted by Gasteiger charge is -2.39. The second kappa shape index (κ2) is 7.60. The van der Waals surface area contributed by atoms with E-state index in [4.69, 9.17) is 9.47 Å². The van der Waals surface area contributed by atoms with Crippen molar-refractivity contribution in [2.45, 2.75) is 44.1 Å². The largest absolute Gasteiger partial charge is 0.371 e. The highest BCUT2D eigenvalue weighted by atomic mass is 16.6. The van der Waals surface area contributed by atoms with Crippen LogP contribution in [0.3, 0.4) is 0 Å². The highest BCUT2D eigenvalue weighted by Gasteiger charge is 2.43. The van der Waals surface area contributed by atoms with E-state index >= 15 is 0 Å². The molecule has 4 rings (SSSR count). The SMILES string of the molecule is c1ccc(CO[C@H]2CO[C@@]3(CCCN(Cc4cccnc4)C3)C2)nc1. The van der Waals surface area contributed by atoms with Crippen LogP contribution in [-0.4, -0.2) is 46.3 Å². The predicted molar refractivity (Wildman–Crippen MR) is 94.9 cm³/mol. The molecule has 4 heterocycles. The molecule has 2 aromatic heterocycles. The van der Waals surface area contributed by atoms with E-state index in [9.17, 15) is 0 Å². The maximum absolute atomic E-state index is 6.25. The first-order chi connectivity index (χ1) is 12.3. The van der Waals surface area contributed by atoms with Crippen molar-refractivity contribution >= 4 is 0 Å². The third-order valence-electron chi connectivity index (χ3n) is 5.12. The smallest absolute Gasteiger partial charge is 0.0892 e. The van der Waals surface area contributed by atoms with Gasteiger partial charge in [-0.1, -0.05) is 12.1 Å². The molecule has 25 heavy (non-hydrogen) atoms. The molecule has 5 heteroatoms. The fourth-order valence-corrected chi connectivity index (χ4v) is 3.96. The summed E-state index contributed by atoms with van der Waals surface area (Å²) in [4.78, 5) is 11.0. The molecule has 0 radical (unpaired) electrons. The zero-order chi connectivity index (χ0) is 17.0. The lowest BCUT2D eigenvalue weighted by Crippen LogP contribution is -2.47. The number of rotatable bonds is 5. The molecule has 0 unspecified atom stereocenters. The van der Waals surface area contributed by atoms with Crippen molar-refractivity contribution in [1.29, 1.82) is 0 Å². The van der Waals surface area contributed by atoms with Gasteiger partial charge in [0.2, 0.25) is 0 Å². The zero-order valence-electron chi connectivity index (χ0n) is 14.5. The Bertz CT molecular complexity index is 667. The number of hydrogen-bond donors (Lipinski definition) is 0. The van der Waals surface area contributed by atoms with Crippen LogP contribution < -0.4 is 0 Å². The molecule has 2 aliphatic rings. The fraction of sp³-hybridized carbons (Fsp3) is 0.500. The molecule has 2 aliphatic heterocycles.